The van der Waals surface area contributed by atoms with E-state index in [4.69, 9.17) is 5.11 Å². The molecule has 2 aromatic rings. The van der Waals surface area contributed by atoms with Crippen LogP contribution in [0.3, 0.4) is 0 Å². The van der Waals surface area contributed by atoms with Crippen LogP contribution in [-0.4, -0.2) is 30.1 Å². The lowest BCUT2D eigenvalue weighted by molar-refractivity contribution is 0.0698. The number of hydrogen-bond acceptors (Lipinski definition) is 2. The first-order valence-electron chi connectivity index (χ1n) is 6.06. The number of nitrogens with one attached hydrogen (secondary N) is 2. The standard InChI is InChI=1S/C14H12F2N2O3/c15-12(16)7-17-14(21)18-11-6-9-4-2-1-3-8(9)5-10(11)13(19)20/h1-6,12H,7H2,(H,19,20)(H2,17,18,21). The molecule has 2 aromatic carbocycles. The molecule has 0 radical (unpaired) electrons. The second kappa shape index (κ2) is 6.17. The molecular weight excluding hydrogens is 282 g/mol. The van der Waals surface area contributed by atoms with Crippen LogP contribution in [0.2, 0.25) is 0 Å². The maximum atomic E-state index is 12.0. The van der Waals surface area contributed by atoms with Crippen LogP contribution >= 0.6 is 0 Å². The summed E-state index contributed by atoms with van der Waals surface area (Å²) < 4.78 is 24.0. The molecule has 0 bridgehead atoms. The van der Waals surface area contributed by atoms with E-state index in [1.165, 1.54) is 12.1 Å². The molecule has 7 heteroatoms. The molecule has 0 heterocycles. The predicted molar refractivity (Wildman–Crippen MR) is 73.9 cm³/mol. The zero-order valence-electron chi connectivity index (χ0n) is 10.8. The average molecular weight is 294 g/mol. The van der Waals surface area contributed by atoms with Crippen molar-refractivity contribution in [3.8, 4) is 0 Å². The smallest absolute Gasteiger partial charge is 0.337 e. The molecule has 0 aliphatic rings. The fraction of sp³-hybridized carbons (Fsp3) is 0.143. The highest BCUT2D eigenvalue weighted by Gasteiger charge is 2.14. The lowest BCUT2D eigenvalue weighted by atomic mass is 10.0. The molecule has 0 saturated carbocycles. The lowest BCUT2D eigenvalue weighted by Crippen LogP contribution is -2.33. The third kappa shape index (κ3) is 3.65. The Morgan fingerprint density at radius 2 is 1.76 bits per heavy atom. The maximum absolute atomic E-state index is 12.0. The fourth-order valence-electron chi connectivity index (χ4n) is 1.86. The van der Waals surface area contributed by atoms with Crippen molar-refractivity contribution in [2.45, 2.75) is 6.43 Å². The van der Waals surface area contributed by atoms with E-state index >= 15 is 0 Å². The van der Waals surface area contributed by atoms with Crippen molar-refractivity contribution < 1.29 is 23.5 Å². The van der Waals surface area contributed by atoms with Gasteiger partial charge in [-0.05, 0) is 22.9 Å². The third-order valence-corrected chi connectivity index (χ3v) is 2.78. The molecule has 0 aromatic heterocycles. The second-order valence-corrected chi connectivity index (χ2v) is 4.28. The summed E-state index contributed by atoms with van der Waals surface area (Å²) in [7, 11) is 0. The molecule has 2 rings (SSSR count). The van der Waals surface area contributed by atoms with E-state index < -0.39 is 25.0 Å². The first kappa shape index (κ1) is 14.7. The number of benzene rings is 2. The molecule has 0 atom stereocenters. The van der Waals surface area contributed by atoms with E-state index in [0.29, 0.717) is 5.39 Å². The molecule has 0 unspecified atom stereocenters. The summed E-state index contributed by atoms with van der Waals surface area (Å²) >= 11 is 0. The van der Waals surface area contributed by atoms with E-state index in [-0.39, 0.29) is 11.3 Å². The minimum Gasteiger partial charge on any atom is -0.478 e. The van der Waals surface area contributed by atoms with Crippen LogP contribution in [0.5, 0.6) is 0 Å². The van der Waals surface area contributed by atoms with Crippen molar-refractivity contribution in [3.05, 3.63) is 42.0 Å². The molecule has 0 spiro atoms. The summed E-state index contributed by atoms with van der Waals surface area (Å²) in [5, 5.41) is 14.8. The van der Waals surface area contributed by atoms with Crippen molar-refractivity contribution in [1.29, 1.82) is 0 Å². The van der Waals surface area contributed by atoms with Gasteiger partial charge in [-0.3, -0.25) is 0 Å². The van der Waals surface area contributed by atoms with Crippen LogP contribution in [0.15, 0.2) is 36.4 Å². The van der Waals surface area contributed by atoms with Gasteiger partial charge in [-0.25, -0.2) is 18.4 Å². The van der Waals surface area contributed by atoms with Gasteiger partial charge in [0.05, 0.1) is 17.8 Å². The minimum atomic E-state index is -2.67. The molecule has 0 aliphatic heterocycles. The summed E-state index contributed by atoms with van der Waals surface area (Å²) in [6.45, 7) is -0.804. The van der Waals surface area contributed by atoms with Gasteiger partial charge in [0.25, 0.3) is 6.43 Å². The first-order valence-corrected chi connectivity index (χ1v) is 6.06. The van der Waals surface area contributed by atoms with Crippen LogP contribution < -0.4 is 10.6 Å². The number of carbonyl (C=O) groups excluding carboxylic acids is 1. The van der Waals surface area contributed by atoms with Gasteiger partial charge in [-0.2, -0.15) is 0 Å². The lowest BCUT2D eigenvalue weighted by Gasteiger charge is -2.11. The number of carboxylic acids is 1. The zero-order chi connectivity index (χ0) is 15.4. The van der Waals surface area contributed by atoms with E-state index in [9.17, 15) is 18.4 Å². The normalized spacial score (nSPS) is 10.6. The molecule has 0 saturated heterocycles. The highest BCUT2D eigenvalue weighted by Crippen LogP contribution is 2.24. The number of aromatic carboxylic acids is 1. The predicted octanol–water partition coefficient (Wildman–Crippen LogP) is 2.92. The van der Waals surface area contributed by atoms with Crippen LogP contribution in [0.25, 0.3) is 10.8 Å². The van der Waals surface area contributed by atoms with E-state index in [1.807, 2.05) is 5.32 Å². The quantitative estimate of drug-likeness (QED) is 0.811. The number of halogens is 2. The largest absolute Gasteiger partial charge is 0.478 e. The van der Waals surface area contributed by atoms with Crippen molar-refractivity contribution in [1.82, 2.24) is 5.32 Å². The zero-order valence-corrected chi connectivity index (χ0v) is 10.8. The van der Waals surface area contributed by atoms with Gasteiger partial charge >= 0.3 is 12.0 Å². The Balaban J connectivity index is 2.30. The third-order valence-electron chi connectivity index (χ3n) is 2.78. The Kier molecular flexibility index (Phi) is 4.32. The number of fused-ring (bicyclic) bond motifs is 1. The molecule has 0 fully saturated rings. The van der Waals surface area contributed by atoms with Gasteiger partial charge in [-0.1, -0.05) is 24.3 Å². The molecule has 110 valence electrons. The van der Waals surface area contributed by atoms with Gasteiger partial charge < -0.3 is 15.7 Å². The number of rotatable bonds is 4. The maximum Gasteiger partial charge on any atom is 0.337 e. The Bertz CT molecular complexity index is 689. The second-order valence-electron chi connectivity index (χ2n) is 4.28. The van der Waals surface area contributed by atoms with E-state index in [1.54, 1.807) is 24.3 Å². The summed E-state index contributed by atoms with van der Waals surface area (Å²) in [6, 6.07) is 9.04. The van der Waals surface area contributed by atoms with Gasteiger partial charge in [0, 0.05) is 0 Å². The highest BCUT2D eigenvalue weighted by molar-refractivity contribution is 6.04. The number of carboxylic acid groups (broad SMARTS) is 1. The Labute approximate surface area is 118 Å². The topological polar surface area (TPSA) is 78.4 Å². The number of alkyl halides is 2. The highest BCUT2D eigenvalue weighted by atomic mass is 19.3. The SMILES string of the molecule is O=C(NCC(F)F)Nc1cc2ccccc2cc1C(=O)O. The van der Waals surface area contributed by atoms with E-state index in [0.717, 1.165) is 5.39 Å². The van der Waals surface area contributed by atoms with Gasteiger partial charge in [0.2, 0.25) is 0 Å². The molecule has 0 aliphatic carbocycles. The molecule has 2 amide bonds. The number of anilines is 1. The molecule has 3 N–H and O–H groups in total. The van der Waals surface area contributed by atoms with Crippen LogP contribution in [-0.2, 0) is 0 Å². The van der Waals surface area contributed by atoms with Gasteiger partial charge in [-0.15, -0.1) is 0 Å². The van der Waals surface area contributed by atoms with Gasteiger partial charge in [0.15, 0.2) is 0 Å². The van der Waals surface area contributed by atoms with Crippen molar-refractivity contribution in [2.75, 3.05) is 11.9 Å². The fourth-order valence-corrected chi connectivity index (χ4v) is 1.86. The van der Waals surface area contributed by atoms with Crippen LogP contribution in [0, 0.1) is 0 Å². The monoisotopic (exact) mass is 294 g/mol. The number of carbonyl (C=O) groups is 2. The molecule has 21 heavy (non-hydrogen) atoms. The number of hydrogen-bond donors (Lipinski definition) is 3. The summed E-state index contributed by atoms with van der Waals surface area (Å²) in [5.74, 6) is -1.22. The summed E-state index contributed by atoms with van der Waals surface area (Å²) in [6.07, 6.45) is -2.67. The number of amides is 2. The van der Waals surface area contributed by atoms with Gasteiger partial charge in [0.1, 0.15) is 0 Å². The summed E-state index contributed by atoms with van der Waals surface area (Å²) in [4.78, 5) is 22.7. The van der Waals surface area contributed by atoms with Crippen molar-refractivity contribution >= 4 is 28.5 Å². The Hall–Kier alpha value is -2.70. The van der Waals surface area contributed by atoms with Crippen molar-refractivity contribution in [3.63, 3.8) is 0 Å². The van der Waals surface area contributed by atoms with Crippen molar-refractivity contribution in [2.24, 2.45) is 0 Å². The summed E-state index contributed by atoms with van der Waals surface area (Å²) in [5.41, 5.74) is -0.0612. The van der Waals surface area contributed by atoms with Crippen LogP contribution in [0.1, 0.15) is 10.4 Å². The van der Waals surface area contributed by atoms with E-state index in [2.05, 4.69) is 5.32 Å². The number of urea groups is 1. The Morgan fingerprint density at radius 1 is 1.14 bits per heavy atom. The average Bonchev–Trinajstić information content (AvgIpc) is 2.44. The molecule has 5 nitrogen and oxygen atoms in total. The van der Waals surface area contributed by atoms with Crippen LogP contribution in [0.4, 0.5) is 19.3 Å². The molecular formula is C14H12F2N2O3. The first-order chi connectivity index (χ1) is 9.97. The Morgan fingerprint density at radius 3 is 2.33 bits per heavy atom. The minimum absolute atomic E-state index is 0.0490.